The maximum atomic E-state index is 5.43. The summed E-state index contributed by atoms with van der Waals surface area (Å²) in [4.78, 5) is 0. The van der Waals surface area contributed by atoms with Crippen LogP contribution in [0.2, 0.25) is 0 Å². The molecule has 0 aromatic heterocycles. The highest BCUT2D eigenvalue weighted by atomic mass is 32.2. The van der Waals surface area contributed by atoms with Crippen molar-refractivity contribution in [3.63, 3.8) is 0 Å². The number of thioether (sulfide) groups is 1. The van der Waals surface area contributed by atoms with Gasteiger partial charge in [0.2, 0.25) is 0 Å². The minimum Gasteiger partial charge on any atom is -0.493 e. The molecule has 0 amide bonds. The van der Waals surface area contributed by atoms with Gasteiger partial charge in [0, 0.05) is 18.2 Å². The Morgan fingerprint density at radius 3 is 2.68 bits per heavy atom. The minimum atomic E-state index is 0.509. The summed E-state index contributed by atoms with van der Waals surface area (Å²) in [5.74, 6) is 4.01. The smallest absolute Gasteiger partial charge is 0.165 e. The third kappa shape index (κ3) is 5.33. The van der Waals surface area contributed by atoms with Crippen LogP contribution >= 0.6 is 11.8 Å². The predicted molar refractivity (Wildman–Crippen MR) is 83.5 cm³/mol. The molecule has 0 aliphatic carbocycles. The molecule has 1 aromatic rings. The molecule has 0 spiro atoms. The van der Waals surface area contributed by atoms with Crippen LogP contribution in [0.15, 0.2) is 18.2 Å². The fourth-order valence-corrected chi connectivity index (χ4v) is 2.69. The number of hydrogen-bond donors (Lipinski definition) is 1. The molecule has 3 nitrogen and oxygen atoms in total. The van der Waals surface area contributed by atoms with E-state index in [0.29, 0.717) is 6.04 Å². The monoisotopic (exact) mass is 283 g/mol. The molecule has 1 N–H and O–H groups in total. The second-order valence-corrected chi connectivity index (χ2v) is 5.81. The highest BCUT2D eigenvalue weighted by Crippen LogP contribution is 2.30. The Labute approximate surface area is 121 Å². The van der Waals surface area contributed by atoms with E-state index in [1.54, 1.807) is 14.2 Å². The molecular formula is C15H25NO2S. The van der Waals surface area contributed by atoms with Crippen molar-refractivity contribution in [3.8, 4) is 11.5 Å². The van der Waals surface area contributed by atoms with Gasteiger partial charge in [0.25, 0.3) is 0 Å². The Morgan fingerprint density at radius 2 is 2.05 bits per heavy atom. The first-order valence-corrected chi connectivity index (χ1v) is 7.89. The lowest BCUT2D eigenvalue weighted by atomic mass is 10.1. The summed E-state index contributed by atoms with van der Waals surface area (Å²) in [5, 5.41) is 3.53. The van der Waals surface area contributed by atoms with Crippen molar-refractivity contribution in [2.75, 3.05) is 25.7 Å². The Balaban J connectivity index is 2.52. The molecule has 0 saturated carbocycles. The number of methoxy groups -OCH3 is 2. The van der Waals surface area contributed by atoms with Gasteiger partial charge in [-0.3, -0.25) is 0 Å². The van der Waals surface area contributed by atoms with E-state index in [2.05, 4.69) is 25.2 Å². The van der Waals surface area contributed by atoms with Crippen molar-refractivity contribution < 1.29 is 9.47 Å². The molecule has 0 radical (unpaired) electrons. The van der Waals surface area contributed by atoms with Crippen LogP contribution in [0, 0.1) is 0 Å². The molecule has 0 aliphatic rings. The van der Waals surface area contributed by atoms with E-state index < -0.39 is 0 Å². The standard InChI is InChI=1S/C15H25NO2S/c1-5-19-10-9-12(2)16-11-13-7-6-8-14(17-3)15(13)18-4/h6-8,12,16H,5,9-11H2,1-4H3. The van der Waals surface area contributed by atoms with E-state index in [4.69, 9.17) is 9.47 Å². The lowest BCUT2D eigenvalue weighted by Gasteiger charge is -2.16. The summed E-state index contributed by atoms with van der Waals surface area (Å²) in [6, 6.07) is 6.50. The zero-order chi connectivity index (χ0) is 14.1. The van der Waals surface area contributed by atoms with Crippen LogP contribution in [-0.2, 0) is 6.54 Å². The topological polar surface area (TPSA) is 30.5 Å². The molecule has 4 heteroatoms. The molecule has 0 fully saturated rings. The number of ether oxygens (including phenoxy) is 2. The van der Waals surface area contributed by atoms with Gasteiger partial charge in [-0.2, -0.15) is 11.8 Å². The zero-order valence-electron chi connectivity index (χ0n) is 12.4. The quantitative estimate of drug-likeness (QED) is 0.704. The molecule has 1 atom stereocenters. The van der Waals surface area contributed by atoms with Crippen LogP contribution in [-0.4, -0.2) is 31.8 Å². The predicted octanol–water partition coefficient (Wildman–Crippen LogP) is 3.33. The van der Waals surface area contributed by atoms with E-state index >= 15 is 0 Å². The molecule has 0 aliphatic heterocycles. The SMILES string of the molecule is CCSCCC(C)NCc1cccc(OC)c1OC. The number of hydrogen-bond acceptors (Lipinski definition) is 4. The molecule has 1 unspecified atom stereocenters. The van der Waals surface area contributed by atoms with Gasteiger partial charge in [-0.05, 0) is 30.9 Å². The maximum absolute atomic E-state index is 5.43. The molecule has 1 rings (SSSR count). The Bertz CT molecular complexity index is 371. The molecule has 19 heavy (non-hydrogen) atoms. The highest BCUT2D eigenvalue weighted by molar-refractivity contribution is 7.99. The molecular weight excluding hydrogens is 258 g/mol. The third-order valence-corrected chi connectivity index (χ3v) is 3.96. The van der Waals surface area contributed by atoms with Gasteiger partial charge in [-0.1, -0.05) is 19.1 Å². The van der Waals surface area contributed by atoms with Gasteiger partial charge in [0.1, 0.15) is 0 Å². The van der Waals surface area contributed by atoms with E-state index in [-0.39, 0.29) is 0 Å². The van der Waals surface area contributed by atoms with Crippen molar-refractivity contribution in [2.24, 2.45) is 0 Å². The van der Waals surface area contributed by atoms with E-state index in [1.165, 1.54) is 17.9 Å². The Hall–Kier alpha value is -0.870. The van der Waals surface area contributed by atoms with Crippen LogP contribution in [0.1, 0.15) is 25.8 Å². The largest absolute Gasteiger partial charge is 0.493 e. The number of rotatable bonds is 9. The molecule has 0 bridgehead atoms. The van der Waals surface area contributed by atoms with E-state index in [1.807, 2.05) is 23.9 Å². The molecule has 0 saturated heterocycles. The Morgan fingerprint density at radius 1 is 1.26 bits per heavy atom. The van der Waals surface area contributed by atoms with Crippen LogP contribution in [0.3, 0.4) is 0 Å². The summed E-state index contributed by atoms with van der Waals surface area (Å²) >= 11 is 1.99. The summed E-state index contributed by atoms with van der Waals surface area (Å²) in [6.07, 6.45) is 1.19. The first kappa shape index (κ1) is 16.2. The van der Waals surface area contributed by atoms with Crippen LogP contribution in [0.5, 0.6) is 11.5 Å². The zero-order valence-corrected chi connectivity index (χ0v) is 13.2. The number of nitrogens with one attached hydrogen (secondary N) is 1. The first-order valence-electron chi connectivity index (χ1n) is 6.73. The lowest BCUT2D eigenvalue weighted by molar-refractivity contribution is 0.350. The maximum Gasteiger partial charge on any atom is 0.165 e. The molecule has 0 heterocycles. The normalized spacial score (nSPS) is 12.2. The van der Waals surface area contributed by atoms with Crippen molar-refractivity contribution in [3.05, 3.63) is 23.8 Å². The van der Waals surface area contributed by atoms with Crippen molar-refractivity contribution in [1.82, 2.24) is 5.32 Å². The van der Waals surface area contributed by atoms with Gasteiger partial charge in [0.15, 0.2) is 11.5 Å². The third-order valence-electron chi connectivity index (χ3n) is 3.02. The van der Waals surface area contributed by atoms with Gasteiger partial charge in [-0.15, -0.1) is 0 Å². The van der Waals surface area contributed by atoms with Crippen LogP contribution in [0.4, 0.5) is 0 Å². The summed E-state index contributed by atoms with van der Waals surface area (Å²) in [5.41, 5.74) is 1.14. The fraction of sp³-hybridized carbons (Fsp3) is 0.600. The van der Waals surface area contributed by atoms with Crippen molar-refractivity contribution >= 4 is 11.8 Å². The average Bonchev–Trinajstić information content (AvgIpc) is 2.44. The highest BCUT2D eigenvalue weighted by Gasteiger charge is 2.10. The second-order valence-electron chi connectivity index (χ2n) is 4.42. The summed E-state index contributed by atoms with van der Waals surface area (Å²) in [7, 11) is 3.35. The first-order chi connectivity index (χ1) is 9.22. The van der Waals surface area contributed by atoms with E-state index in [9.17, 15) is 0 Å². The number of benzene rings is 1. The number of para-hydroxylation sites is 1. The van der Waals surface area contributed by atoms with E-state index in [0.717, 1.165) is 23.6 Å². The van der Waals surface area contributed by atoms with Crippen molar-refractivity contribution in [2.45, 2.75) is 32.9 Å². The lowest BCUT2D eigenvalue weighted by Crippen LogP contribution is -2.26. The van der Waals surface area contributed by atoms with Gasteiger partial charge >= 0.3 is 0 Å². The second kappa shape index (κ2) is 9.10. The molecule has 1 aromatic carbocycles. The summed E-state index contributed by atoms with van der Waals surface area (Å²) < 4.78 is 10.7. The van der Waals surface area contributed by atoms with Gasteiger partial charge in [-0.25, -0.2) is 0 Å². The minimum absolute atomic E-state index is 0.509. The fourth-order valence-electron chi connectivity index (χ4n) is 1.88. The van der Waals surface area contributed by atoms with Crippen molar-refractivity contribution in [1.29, 1.82) is 0 Å². The van der Waals surface area contributed by atoms with Gasteiger partial charge in [0.05, 0.1) is 14.2 Å². The Kier molecular flexibility index (Phi) is 7.75. The van der Waals surface area contributed by atoms with Crippen LogP contribution in [0.25, 0.3) is 0 Å². The average molecular weight is 283 g/mol. The van der Waals surface area contributed by atoms with Gasteiger partial charge < -0.3 is 14.8 Å². The molecule has 108 valence electrons. The van der Waals surface area contributed by atoms with Crippen LogP contribution < -0.4 is 14.8 Å². The summed E-state index contributed by atoms with van der Waals surface area (Å²) in [6.45, 7) is 5.23.